The highest BCUT2D eigenvalue weighted by Crippen LogP contribution is 2.36. The average Bonchev–Trinajstić information content (AvgIpc) is 2.77. The molecule has 0 aliphatic heterocycles. The van der Waals surface area contributed by atoms with Gasteiger partial charge in [0.05, 0.1) is 0 Å². The van der Waals surface area contributed by atoms with Crippen LogP contribution in [0.2, 0.25) is 0 Å². The molecule has 0 saturated heterocycles. The minimum atomic E-state index is -0.269. The van der Waals surface area contributed by atoms with Gasteiger partial charge in [0.15, 0.2) is 0 Å². The van der Waals surface area contributed by atoms with Crippen molar-refractivity contribution in [2.75, 3.05) is 6.54 Å². The predicted molar refractivity (Wildman–Crippen MR) is 70.0 cm³/mol. The van der Waals surface area contributed by atoms with Gasteiger partial charge in [-0.2, -0.15) is 0 Å². The SMILES string of the molecule is Cc1cc(C(=O)NCC2(C)CCCC2)ccc1F. The van der Waals surface area contributed by atoms with Crippen molar-refractivity contribution in [3.05, 3.63) is 35.1 Å². The summed E-state index contributed by atoms with van der Waals surface area (Å²) in [4.78, 5) is 12.0. The molecule has 3 heteroatoms. The first-order valence-corrected chi connectivity index (χ1v) is 6.55. The average molecular weight is 249 g/mol. The third-order valence-corrected chi connectivity index (χ3v) is 3.91. The van der Waals surface area contributed by atoms with Crippen LogP contribution in [-0.4, -0.2) is 12.5 Å². The Morgan fingerprint density at radius 3 is 2.67 bits per heavy atom. The highest BCUT2D eigenvalue weighted by atomic mass is 19.1. The summed E-state index contributed by atoms with van der Waals surface area (Å²) in [5.74, 6) is -0.375. The highest BCUT2D eigenvalue weighted by molar-refractivity contribution is 5.94. The molecule has 1 aliphatic carbocycles. The van der Waals surface area contributed by atoms with E-state index in [-0.39, 0.29) is 17.1 Å². The van der Waals surface area contributed by atoms with E-state index in [0.717, 1.165) is 0 Å². The van der Waals surface area contributed by atoms with Crippen LogP contribution in [0.1, 0.15) is 48.5 Å². The molecule has 2 rings (SSSR count). The molecule has 0 radical (unpaired) electrons. The summed E-state index contributed by atoms with van der Waals surface area (Å²) in [7, 11) is 0. The van der Waals surface area contributed by atoms with Gasteiger partial charge < -0.3 is 5.32 Å². The molecule has 0 spiro atoms. The molecule has 2 nitrogen and oxygen atoms in total. The quantitative estimate of drug-likeness (QED) is 0.873. The lowest BCUT2D eigenvalue weighted by atomic mass is 9.89. The molecule has 1 saturated carbocycles. The molecule has 98 valence electrons. The summed E-state index contributed by atoms with van der Waals surface area (Å²) in [6, 6.07) is 4.48. The maximum atomic E-state index is 13.1. The topological polar surface area (TPSA) is 29.1 Å². The summed E-state index contributed by atoms with van der Waals surface area (Å²) in [6.07, 6.45) is 4.86. The zero-order valence-corrected chi connectivity index (χ0v) is 11.1. The van der Waals surface area contributed by atoms with E-state index in [1.807, 2.05) is 0 Å². The fourth-order valence-corrected chi connectivity index (χ4v) is 2.59. The Hall–Kier alpha value is -1.38. The molecule has 1 amide bonds. The van der Waals surface area contributed by atoms with E-state index in [9.17, 15) is 9.18 Å². The third kappa shape index (κ3) is 2.89. The minimum Gasteiger partial charge on any atom is -0.351 e. The Kier molecular flexibility index (Phi) is 3.69. The van der Waals surface area contributed by atoms with Crippen molar-refractivity contribution >= 4 is 5.91 Å². The lowest BCUT2D eigenvalue weighted by Crippen LogP contribution is -2.34. The molecular weight excluding hydrogens is 229 g/mol. The number of nitrogens with one attached hydrogen (secondary N) is 1. The van der Waals surface area contributed by atoms with E-state index in [1.165, 1.54) is 37.8 Å². The van der Waals surface area contributed by atoms with E-state index in [1.54, 1.807) is 13.0 Å². The first-order valence-electron chi connectivity index (χ1n) is 6.55. The second-order valence-corrected chi connectivity index (χ2v) is 5.66. The van der Waals surface area contributed by atoms with Crippen molar-refractivity contribution in [3.8, 4) is 0 Å². The van der Waals surface area contributed by atoms with Gasteiger partial charge in [-0.3, -0.25) is 4.79 Å². The number of benzene rings is 1. The largest absolute Gasteiger partial charge is 0.351 e. The fourth-order valence-electron chi connectivity index (χ4n) is 2.59. The van der Waals surface area contributed by atoms with Gasteiger partial charge in [-0.1, -0.05) is 19.8 Å². The van der Waals surface area contributed by atoms with E-state index >= 15 is 0 Å². The van der Waals surface area contributed by atoms with E-state index in [0.29, 0.717) is 17.7 Å². The molecule has 1 aromatic rings. The van der Waals surface area contributed by atoms with E-state index < -0.39 is 0 Å². The number of hydrogen-bond donors (Lipinski definition) is 1. The molecule has 0 aromatic heterocycles. The maximum Gasteiger partial charge on any atom is 0.251 e. The second-order valence-electron chi connectivity index (χ2n) is 5.66. The Morgan fingerprint density at radius 2 is 2.06 bits per heavy atom. The van der Waals surface area contributed by atoms with Gasteiger partial charge in [0, 0.05) is 12.1 Å². The van der Waals surface area contributed by atoms with Crippen molar-refractivity contribution in [1.29, 1.82) is 0 Å². The van der Waals surface area contributed by atoms with Crippen LogP contribution in [0.5, 0.6) is 0 Å². The van der Waals surface area contributed by atoms with Crippen LogP contribution in [0, 0.1) is 18.2 Å². The molecule has 1 fully saturated rings. The van der Waals surface area contributed by atoms with Crippen molar-refractivity contribution in [2.45, 2.75) is 39.5 Å². The minimum absolute atomic E-state index is 0.105. The van der Waals surface area contributed by atoms with E-state index in [4.69, 9.17) is 0 Å². The highest BCUT2D eigenvalue weighted by Gasteiger charge is 2.28. The summed E-state index contributed by atoms with van der Waals surface area (Å²) in [5, 5.41) is 2.97. The Labute approximate surface area is 108 Å². The monoisotopic (exact) mass is 249 g/mol. The van der Waals surface area contributed by atoms with E-state index in [2.05, 4.69) is 12.2 Å². The molecule has 18 heavy (non-hydrogen) atoms. The number of carbonyl (C=O) groups is 1. The number of rotatable bonds is 3. The Bertz CT molecular complexity index is 450. The first-order chi connectivity index (χ1) is 8.50. The molecule has 0 heterocycles. The van der Waals surface area contributed by atoms with Crippen molar-refractivity contribution in [1.82, 2.24) is 5.32 Å². The zero-order valence-electron chi connectivity index (χ0n) is 11.1. The van der Waals surface area contributed by atoms with Crippen molar-refractivity contribution < 1.29 is 9.18 Å². The lowest BCUT2D eigenvalue weighted by molar-refractivity contribution is 0.0934. The standard InChI is InChI=1S/C15H20FNO/c1-11-9-12(5-6-13(11)16)14(18)17-10-15(2)7-3-4-8-15/h5-6,9H,3-4,7-8,10H2,1-2H3,(H,17,18). The van der Waals surface area contributed by atoms with Crippen LogP contribution < -0.4 is 5.32 Å². The summed E-state index contributed by atoms with van der Waals surface area (Å²) < 4.78 is 13.1. The molecule has 0 atom stereocenters. The molecule has 1 N–H and O–H groups in total. The molecule has 0 bridgehead atoms. The van der Waals surface area contributed by atoms with Crippen molar-refractivity contribution in [3.63, 3.8) is 0 Å². The molecular formula is C15H20FNO. The number of aryl methyl sites for hydroxylation is 1. The second kappa shape index (κ2) is 5.09. The first kappa shape index (κ1) is 13.1. The van der Waals surface area contributed by atoms with Crippen LogP contribution in [0.25, 0.3) is 0 Å². The predicted octanol–water partition coefficient (Wildman–Crippen LogP) is 3.44. The Morgan fingerprint density at radius 1 is 1.39 bits per heavy atom. The van der Waals surface area contributed by atoms with Gasteiger partial charge in [0.1, 0.15) is 5.82 Å². The summed E-state index contributed by atoms with van der Waals surface area (Å²) >= 11 is 0. The van der Waals surface area contributed by atoms with Gasteiger partial charge in [0.2, 0.25) is 0 Å². The van der Waals surface area contributed by atoms with Gasteiger partial charge in [-0.25, -0.2) is 4.39 Å². The van der Waals surface area contributed by atoms with Gasteiger partial charge in [0.25, 0.3) is 5.91 Å². The smallest absolute Gasteiger partial charge is 0.251 e. The number of amides is 1. The number of hydrogen-bond acceptors (Lipinski definition) is 1. The normalized spacial score (nSPS) is 17.7. The van der Waals surface area contributed by atoms with Crippen LogP contribution in [0.3, 0.4) is 0 Å². The van der Waals surface area contributed by atoms with Crippen molar-refractivity contribution in [2.24, 2.45) is 5.41 Å². The summed E-state index contributed by atoms with van der Waals surface area (Å²) in [6.45, 7) is 4.60. The van der Waals surface area contributed by atoms with Gasteiger partial charge in [-0.05, 0) is 48.9 Å². The Balaban J connectivity index is 1.97. The third-order valence-electron chi connectivity index (χ3n) is 3.91. The number of halogens is 1. The van der Waals surface area contributed by atoms with Crippen LogP contribution in [0.4, 0.5) is 4.39 Å². The molecule has 0 unspecified atom stereocenters. The van der Waals surface area contributed by atoms with Crippen LogP contribution in [-0.2, 0) is 0 Å². The van der Waals surface area contributed by atoms with Crippen LogP contribution >= 0.6 is 0 Å². The molecule has 1 aliphatic rings. The summed E-state index contributed by atoms with van der Waals surface area (Å²) in [5.41, 5.74) is 1.29. The zero-order chi connectivity index (χ0) is 13.2. The van der Waals surface area contributed by atoms with Gasteiger partial charge in [-0.15, -0.1) is 0 Å². The van der Waals surface area contributed by atoms with Crippen LogP contribution in [0.15, 0.2) is 18.2 Å². The number of carbonyl (C=O) groups excluding carboxylic acids is 1. The van der Waals surface area contributed by atoms with Gasteiger partial charge >= 0.3 is 0 Å². The fraction of sp³-hybridized carbons (Fsp3) is 0.533. The lowest BCUT2D eigenvalue weighted by Gasteiger charge is -2.23. The maximum absolute atomic E-state index is 13.1. The molecule has 1 aromatic carbocycles.